The molecule has 0 radical (unpaired) electrons. The fourth-order valence-electron chi connectivity index (χ4n) is 5.40. The molecule has 0 spiro atoms. The van der Waals surface area contributed by atoms with Crippen molar-refractivity contribution < 1.29 is 13.9 Å². The van der Waals surface area contributed by atoms with Gasteiger partial charge in [-0.2, -0.15) is 0 Å². The summed E-state index contributed by atoms with van der Waals surface area (Å²) in [6.45, 7) is 3.91. The van der Waals surface area contributed by atoms with Crippen LogP contribution in [0.25, 0.3) is 0 Å². The van der Waals surface area contributed by atoms with Crippen molar-refractivity contribution in [1.29, 1.82) is 0 Å². The molecular formula is C21H37FO2. The molecule has 140 valence electrons. The van der Waals surface area contributed by atoms with Crippen molar-refractivity contribution in [3.63, 3.8) is 0 Å². The molecule has 0 aromatic rings. The first-order valence-corrected chi connectivity index (χ1v) is 10.6. The van der Waals surface area contributed by atoms with E-state index in [0.717, 1.165) is 31.5 Å². The van der Waals surface area contributed by atoms with Gasteiger partial charge in [0.15, 0.2) is 6.29 Å². The van der Waals surface area contributed by atoms with E-state index >= 15 is 0 Å². The quantitative estimate of drug-likeness (QED) is 0.613. The highest BCUT2D eigenvalue weighted by Crippen LogP contribution is 2.43. The summed E-state index contributed by atoms with van der Waals surface area (Å²) in [6, 6.07) is 0. The van der Waals surface area contributed by atoms with E-state index in [-0.39, 0.29) is 13.0 Å². The van der Waals surface area contributed by atoms with E-state index in [1.807, 2.05) is 0 Å². The molecule has 0 bridgehead atoms. The molecule has 0 amide bonds. The summed E-state index contributed by atoms with van der Waals surface area (Å²) in [5.74, 6) is 3.71. The molecule has 2 saturated carbocycles. The first-order chi connectivity index (χ1) is 11.8. The normalized spacial score (nSPS) is 41.2. The van der Waals surface area contributed by atoms with Gasteiger partial charge in [0.25, 0.3) is 0 Å². The summed E-state index contributed by atoms with van der Waals surface area (Å²) in [5.41, 5.74) is 0. The molecule has 3 fully saturated rings. The van der Waals surface area contributed by atoms with E-state index in [2.05, 4.69) is 6.92 Å². The van der Waals surface area contributed by atoms with Crippen molar-refractivity contribution >= 4 is 0 Å². The van der Waals surface area contributed by atoms with Gasteiger partial charge in [-0.3, -0.25) is 4.39 Å². The van der Waals surface area contributed by atoms with E-state index in [4.69, 9.17) is 9.47 Å². The minimum absolute atomic E-state index is 0.0688. The molecule has 2 nitrogen and oxygen atoms in total. The maximum atomic E-state index is 12.5. The van der Waals surface area contributed by atoms with E-state index in [1.165, 1.54) is 64.2 Å². The Kier molecular flexibility index (Phi) is 7.39. The Hall–Kier alpha value is -0.150. The average molecular weight is 341 g/mol. The van der Waals surface area contributed by atoms with Crippen LogP contribution in [0.3, 0.4) is 0 Å². The highest BCUT2D eigenvalue weighted by Gasteiger charge is 2.35. The Morgan fingerprint density at radius 1 is 0.708 bits per heavy atom. The number of hydrogen-bond acceptors (Lipinski definition) is 2. The molecule has 0 aromatic heterocycles. The van der Waals surface area contributed by atoms with Gasteiger partial charge in [-0.25, -0.2) is 0 Å². The lowest BCUT2D eigenvalue weighted by molar-refractivity contribution is -0.230. The summed E-state index contributed by atoms with van der Waals surface area (Å²) in [4.78, 5) is 0. The number of hydrogen-bond donors (Lipinski definition) is 0. The largest absolute Gasteiger partial charge is 0.352 e. The standard InChI is InChI=1S/C21H37FO2/c1-2-3-17-14-23-21(24-15-17)20-10-8-19(9-11-20)18-6-4-16(5-7-18)12-13-22/h16-21H,2-15H2,1H3. The van der Waals surface area contributed by atoms with Crippen molar-refractivity contribution in [3.05, 3.63) is 0 Å². The second kappa shape index (κ2) is 9.52. The number of alkyl halides is 1. The molecule has 1 aliphatic heterocycles. The Labute approximate surface area is 147 Å². The van der Waals surface area contributed by atoms with Gasteiger partial charge in [-0.05, 0) is 69.1 Å². The van der Waals surface area contributed by atoms with Gasteiger partial charge in [0.1, 0.15) is 0 Å². The lowest BCUT2D eigenvalue weighted by Crippen LogP contribution is -2.39. The van der Waals surface area contributed by atoms with Gasteiger partial charge in [0.2, 0.25) is 0 Å². The van der Waals surface area contributed by atoms with Crippen LogP contribution in [0.5, 0.6) is 0 Å². The number of ether oxygens (including phenoxy) is 2. The van der Waals surface area contributed by atoms with Gasteiger partial charge in [-0.15, -0.1) is 0 Å². The molecule has 2 aliphatic carbocycles. The lowest BCUT2D eigenvalue weighted by atomic mass is 9.69. The van der Waals surface area contributed by atoms with E-state index in [1.54, 1.807) is 0 Å². The third-order valence-corrected chi connectivity index (χ3v) is 6.97. The first kappa shape index (κ1) is 18.6. The fourth-order valence-corrected chi connectivity index (χ4v) is 5.40. The molecule has 0 N–H and O–H groups in total. The predicted octanol–water partition coefficient (Wildman–Crippen LogP) is 5.75. The Morgan fingerprint density at radius 2 is 1.25 bits per heavy atom. The summed E-state index contributed by atoms with van der Waals surface area (Å²) >= 11 is 0. The molecule has 0 atom stereocenters. The number of halogens is 1. The SMILES string of the molecule is CCCC1COC(C2CCC(C3CCC(CCF)CC3)CC2)OC1. The molecule has 3 aliphatic rings. The van der Waals surface area contributed by atoms with Crippen molar-refractivity contribution in [2.24, 2.45) is 29.6 Å². The number of rotatable bonds is 6. The zero-order valence-electron chi connectivity index (χ0n) is 15.6. The summed E-state index contributed by atoms with van der Waals surface area (Å²) in [5, 5.41) is 0. The monoisotopic (exact) mass is 340 g/mol. The third-order valence-electron chi connectivity index (χ3n) is 6.97. The molecule has 24 heavy (non-hydrogen) atoms. The van der Waals surface area contributed by atoms with E-state index in [0.29, 0.717) is 17.8 Å². The van der Waals surface area contributed by atoms with Crippen molar-refractivity contribution in [2.45, 2.75) is 83.8 Å². The van der Waals surface area contributed by atoms with Crippen LogP contribution in [-0.4, -0.2) is 26.2 Å². The second-order valence-corrected chi connectivity index (χ2v) is 8.62. The van der Waals surface area contributed by atoms with Crippen molar-refractivity contribution in [2.75, 3.05) is 19.9 Å². The zero-order chi connectivity index (χ0) is 16.8. The zero-order valence-corrected chi connectivity index (χ0v) is 15.6. The maximum Gasteiger partial charge on any atom is 0.160 e. The van der Waals surface area contributed by atoms with Gasteiger partial charge in [0.05, 0.1) is 19.9 Å². The van der Waals surface area contributed by atoms with Crippen LogP contribution in [0.4, 0.5) is 4.39 Å². The van der Waals surface area contributed by atoms with Gasteiger partial charge in [0, 0.05) is 11.8 Å². The fraction of sp³-hybridized carbons (Fsp3) is 1.00. The van der Waals surface area contributed by atoms with Crippen LogP contribution in [0, 0.1) is 29.6 Å². The molecule has 0 unspecified atom stereocenters. The van der Waals surface area contributed by atoms with Gasteiger partial charge >= 0.3 is 0 Å². The van der Waals surface area contributed by atoms with Gasteiger partial charge in [-0.1, -0.05) is 26.2 Å². The second-order valence-electron chi connectivity index (χ2n) is 8.62. The van der Waals surface area contributed by atoms with Crippen LogP contribution < -0.4 is 0 Å². The predicted molar refractivity (Wildman–Crippen MR) is 95.6 cm³/mol. The lowest BCUT2D eigenvalue weighted by Gasteiger charge is -2.41. The van der Waals surface area contributed by atoms with E-state index in [9.17, 15) is 4.39 Å². The van der Waals surface area contributed by atoms with E-state index < -0.39 is 0 Å². The Balaban J connectivity index is 1.36. The summed E-state index contributed by atoms with van der Waals surface area (Å²) < 4.78 is 24.6. The van der Waals surface area contributed by atoms with Crippen LogP contribution in [0.1, 0.15) is 77.6 Å². The highest BCUT2D eigenvalue weighted by molar-refractivity contribution is 4.83. The van der Waals surface area contributed by atoms with Crippen molar-refractivity contribution in [1.82, 2.24) is 0 Å². The molecular weight excluding hydrogens is 303 g/mol. The average Bonchev–Trinajstić information content (AvgIpc) is 2.64. The maximum absolute atomic E-state index is 12.5. The minimum atomic E-state index is -0.124. The molecule has 3 rings (SSSR count). The van der Waals surface area contributed by atoms with Crippen molar-refractivity contribution in [3.8, 4) is 0 Å². The Morgan fingerprint density at radius 3 is 1.79 bits per heavy atom. The summed E-state index contributed by atoms with van der Waals surface area (Å²) in [7, 11) is 0. The third kappa shape index (κ3) is 4.94. The van der Waals surface area contributed by atoms with Crippen LogP contribution in [0.2, 0.25) is 0 Å². The molecule has 1 saturated heterocycles. The molecule has 3 heteroatoms. The Bertz CT molecular complexity index is 304. The smallest absolute Gasteiger partial charge is 0.160 e. The molecule has 0 aromatic carbocycles. The van der Waals surface area contributed by atoms with Crippen LogP contribution in [0.15, 0.2) is 0 Å². The topological polar surface area (TPSA) is 18.5 Å². The molecule has 1 heterocycles. The highest BCUT2D eigenvalue weighted by atomic mass is 19.1. The summed E-state index contributed by atoms with van der Waals surface area (Å²) in [6.07, 6.45) is 13.8. The minimum Gasteiger partial charge on any atom is -0.352 e. The van der Waals surface area contributed by atoms with Crippen LogP contribution >= 0.6 is 0 Å². The van der Waals surface area contributed by atoms with Gasteiger partial charge < -0.3 is 9.47 Å². The first-order valence-electron chi connectivity index (χ1n) is 10.6. The van der Waals surface area contributed by atoms with Crippen LogP contribution in [-0.2, 0) is 9.47 Å².